The van der Waals surface area contributed by atoms with Gasteiger partial charge in [0, 0.05) is 3.57 Å². The summed E-state index contributed by atoms with van der Waals surface area (Å²) in [5.41, 5.74) is 4.26. The van der Waals surface area contributed by atoms with Crippen LogP contribution >= 0.6 is 22.6 Å². The lowest BCUT2D eigenvalue weighted by atomic mass is 9.79. The first-order valence-corrected chi connectivity index (χ1v) is 8.94. The predicted octanol–water partition coefficient (Wildman–Crippen LogP) is 5.26. The van der Waals surface area contributed by atoms with Gasteiger partial charge in [0.1, 0.15) is 0 Å². The monoisotopic (exact) mass is 391 g/mol. The Hall–Kier alpha value is -0.870. The van der Waals surface area contributed by atoms with E-state index in [0.29, 0.717) is 6.04 Å². The molecule has 21 heavy (non-hydrogen) atoms. The van der Waals surface area contributed by atoms with E-state index in [0.717, 1.165) is 12.5 Å². The van der Waals surface area contributed by atoms with Crippen molar-refractivity contribution in [2.45, 2.75) is 38.1 Å². The molecule has 1 N–H and O–H groups in total. The number of nitrogens with one attached hydrogen (secondary N) is 1. The molecule has 0 aliphatic heterocycles. The normalized spacial score (nSPS) is 16.5. The van der Waals surface area contributed by atoms with Crippen LogP contribution in [0.2, 0.25) is 0 Å². The lowest BCUT2D eigenvalue weighted by molar-refractivity contribution is 0.419. The molecule has 1 aliphatic carbocycles. The van der Waals surface area contributed by atoms with Crippen molar-refractivity contribution in [3.05, 3.63) is 68.8 Å². The highest BCUT2D eigenvalue weighted by molar-refractivity contribution is 14.1. The van der Waals surface area contributed by atoms with E-state index >= 15 is 0 Å². The van der Waals surface area contributed by atoms with Crippen LogP contribution in [-0.2, 0) is 0 Å². The molecule has 0 amide bonds. The third kappa shape index (κ3) is 3.49. The number of halogens is 1. The van der Waals surface area contributed by atoms with Crippen molar-refractivity contribution in [3.63, 3.8) is 0 Å². The van der Waals surface area contributed by atoms with Gasteiger partial charge in [0.25, 0.3) is 0 Å². The maximum atomic E-state index is 3.63. The largest absolute Gasteiger partial charge is 0.307 e. The quantitative estimate of drug-likeness (QED) is 0.686. The summed E-state index contributed by atoms with van der Waals surface area (Å²) in [7, 11) is 0. The minimum Gasteiger partial charge on any atom is -0.307 e. The van der Waals surface area contributed by atoms with Crippen molar-refractivity contribution in [2.75, 3.05) is 6.54 Å². The summed E-state index contributed by atoms with van der Waals surface area (Å²) in [4.78, 5) is 0. The molecule has 3 rings (SSSR count). The van der Waals surface area contributed by atoms with Gasteiger partial charge in [-0.25, -0.2) is 0 Å². The van der Waals surface area contributed by atoms with Gasteiger partial charge >= 0.3 is 0 Å². The molecule has 2 aromatic rings. The molecule has 0 radical (unpaired) electrons. The number of hydrogen-bond acceptors (Lipinski definition) is 1. The lowest BCUT2D eigenvalue weighted by Crippen LogP contribution is -2.22. The Labute approximate surface area is 141 Å². The van der Waals surface area contributed by atoms with Crippen LogP contribution in [0.1, 0.15) is 54.8 Å². The van der Waals surface area contributed by atoms with Crippen molar-refractivity contribution >= 4 is 22.6 Å². The minimum atomic E-state index is 0.298. The maximum Gasteiger partial charge on any atom is 0.0576 e. The van der Waals surface area contributed by atoms with Crippen molar-refractivity contribution < 1.29 is 0 Å². The summed E-state index contributed by atoms with van der Waals surface area (Å²) in [5.74, 6) is 0.795. The summed E-state index contributed by atoms with van der Waals surface area (Å²) < 4.78 is 1.29. The Morgan fingerprint density at radius 1 is 1.10 bits per heavy atom. The second-order valence-electron chi connectivity index (χ2n) is 5.84. The van der Waals surface area contributed by atoms with E-state index in [1.807, 2.05) is 0 Å². The van der Waals surface area contributed by atoms with Crippen molar-refractivity contribution in [3.8, 4) is 0 Å². The third-order valence-corrected chi connectivity index (χ3v) is 5.15. The number of hydrogen-bond donors (Lipinski definition) is 1. The standard InChI is InChI=1S/C19H22IN/c1-2-21-19(15-9-11-18(20)12-10-15)17-8-4-7-16(13-17)14-5-3-6-14/h4,7-14,19,21H,2-3,5-6H2,1H3. The molecule has 1 fully saturated rings. The molecular weight excluding hydrogens is 369 g/mol. The average molecular weight is 391 g/mol. The van der Waals surface area contributed by atoms with Gasteiger partial charge in [-0.05, 0) is 76.7 Å². The fourth-order valence-electron chi connectivity index (χ4n) is 3.02. The highest BCUT2D eigenvalue weighted by Gasteiger charge is 2.21. The second-order valence-corrected chi connectivity index (χ2v) is 7.09. The van der Waals surface area contributed by atoms with Gasteiger partial charge in [-0.15, -0.1) is 0 Å². The zero-order valence-corrected chi connectivity index (χ0v) is 14.6. The topological polar surface area (TPSA) is 12.0 Å². The van der Waals surface area contributed by atoms with Crippen LogP contribution < -0.4 is 5.32 Å². The molecular formula is C19H22IN. The molecule has 2 heteroatoms. The van der Waals surface area contributed by atoms with E-state index in [4.69, 9.17) is 0 Å². The fourth-order valence-corrected chi connectivity index (χ4v) is 3.38. The van der Waals surface area contributed by atoms with Gasteiger partial charge < -0.3 is 5.32 Å². The lowest BCUT2D eigenvalue weighted by Gasteiger charge is -2.27. The summed E-state index contributed by atoms with van der Waals surface area (Å²) in [6, 6.07) is 18.3. The van der Waals surface area contributed by atoms with Crippen molar-refractivity contribution in [2.24, 2.45) is 0 Å². The minimum absolute atomic E-state index is 0.298. The van der Waals surface area contributed by atoms with Crippen LogP contribution in [-0.4, -0.2) is 6.54 Å². The van der Waals surface area contributed by atoms with E-state index in [2.05, 4.69) is 83.4 Å². The van der Waals surface area contributed by atoms with Crippen molar-refractivity contribution in [1.82, 2.24) is 5.32 Å². The number of benzene rings is 2. The molecule has 0 heterocycles. The van der Waals surface area contributed by atoms with Crippen LogP contribution in [0, 0.1) is 3.57 Å². The van der Waals surface area contributed by atoms with E-state index in [9.17, 15) is 0 Å². The summed E-state index contributed by atoms with van der Waals surface area (Å²) in [6.07, 6.45) is 4.11. The third-order valence-electron chi connectivity index (χ3n) is 4.43. The van der Waals surface area contributed by atoms with Crippen LogP contribution in [0.4, 0.5) is 0 Å². The highest BCUT2D eigenvalue weighted by atomic mass is 127. The molecule has 1 saturated carbocycles. The van der Waals surface area contributed by atoms with Crippen LogP contribution in [0.3, 0.4) is 0 Å². The molecule has 1 atom stereocenters. The van der Waals surface area contributed by atoms with E-state index in [1.54, 1.807) is 0 Å². The first-order valence-electron chi connectivity index (χ1n) is 7.86. The smallest absolute Gasteiger partial charge is 0.0576 e. The van der Waals surface area contributed by atoms with Gasteiger partial charge in [-0.2, -0.15) is 0 Å². The molecule has 1 nitrogen and oxygen atoms in total. The summed E-state index contributed by atoms with van der Waals surface area (Å²) in [6.45, 7) is 3.15. The van der Waals surface area contributed by atoms with Crippen LogP contribution in [0.15, 0.2) is 48.5 Å². The second kappa shape index (κ2) is 6.93. The van der Waals surface area contributed by atoms with Crippen molar-refractivity contribution in [1.29, 1.82) is 0 Å². The Morgan fingerprint density at radius 2 is 1.86 bits per heavy atom. The van der Waals surface area contributed by atoms with E-state index in [-0.39, 0.29) is 0 Å². The predicted molar refractivity (Wildman–Crippen MR) is 97.7 cm³/mol. The highest BCUT2D eigenvalue weighted by Crippen LogP contribution is 2.37. The summed E-state index contributed by atoms with van der Waals surface area (Å²) >= 11 is 2.36. The average Bonchev–Trinajstić information content (AvgIpc) is 2.44. The summed E-state index contributed by atoms with van der Waals surface area (Å²) in [5, 5.41) is 3.63. The van der Waals surface area contributed by atoms with Crippen LogP contribution in [0.5, 0.6) is 0 Å². The van der Waals surface area contributed by atoms with Gasteiger partial charge in [0.15, 0.2) is 0 Å². The van der Waals surface area contributed by atoms with E-state index in [1.165, 1.54) is 39.5 Å². The zero-order valence-electron chi connectivity index (χ0n) is 12.5. The molecule has 0 saturated heterocycles. The van der Waals surface area contributed by atoms with Gasteiger partial charge in [0.05, 0.1) is 6.04 Å². The van der Waals surface area contributed by atoms with Crippen LogP contribution in [0.25, 0.3) is 0 Å². The van der Waals surface area contributed by atoms with Gasteiger partial charge in [-0.3, -0.25) is 0 Å². The van der Waals surface area contributed by atoms with E-state index < -0.39 is 0 Å². The van der Waals surface area contributed by atoms with Gasteiger partial charge in [0.2, 0.25) is 0 Å². The first kappa shape index (κ1) is 15.0. The SMILES string of the molecule is CCNC(c1ccc(I)cc1)c1cccc(C2CCC2)c1. The fraction of sp³-hybridized carbons (Fsp3) is 0.368. The molecule has 0 aromatic heterocycles. The Bertz CT molecular complexity index is 587. The number of rotatable bonds is 5. The Kier molecular flexibility index (Phi) is 4.96. The molecule has 110 valence electrons. The molecule has 0 spiro atoms. The maximum absolute atomic E-state index is 3.63. The zero-order chi connectivity index (χ0) is 14.7. The van der Waals surface area contributed by atoms with Gasteiger partial charge in [-0.1, -0.05) is 49.7 Å². The molecule has 1 unspecified atom stereocenters. The molecule has 2 aromatic carbocycles. The molecule has 1 aliphatic rings. The molecule has 0 bridgehead atoms. The Morgan fingerprint density at radius 3 is 2.48 bits per heavy atom. The Balaban J connectivity index is 1.91. The first-order chi connectivity index (χ1) is 10.3.